The summed E-state index contributed by atoms with van der Waals surface area (Å²) in [6.07, 6.45) is 4.04. The summed E-state index contributed by atoms with van der Waals surface area (Å²) in [4.78, 5) is 0. The minimum Gasteiger partial charge on any atom is -0.340 e. The van der Waals surface area contributed by atoms with Gasteiger partial charge in [0.05, 0.1) is 22.1 Å². The van der Waals surface area contributed by atoms with Crippen molar-refractivity contribution in [2.75, 3.05) is 0 Å². The van der Waals surface area contributed by atoms with Crippen LogP contribution >= 0.6 is 0 Å². The van der Waals surface area contributed by atoms with Crippen LogP contribution in [0.25, 0.3) is 218 Å². The smallest absolute Gasteiger partial charge is 0.0580 e. The van der Waals surface area contributed by atoms with Crippen LogP contribution in [0, 0.1) is 0 Å². The third kappa shape index (κ3) is 18.1. The summed E-state index contributed by atoms with van der Waals surface area (Å²) < 4.78 is 10.1. The first-order chi connectivity index (χ1) is 71.4. The Morgan fingerprint density at radius 1 is 0.160 bits per heavy atom. The molecule has 0 bridgehead atoms. The molecule has 0 saturated heterocycles. The molecule has 0 saturated carbocycles. The Balaban J connectivity index is 0.000000150. The van der Waals surface area contributed by atoms with Crippen molar-refractivity contribution in [1.29, 1.82) is 0 Å². The maximum absolute atomic E-state index is 2.53. The van der Waals surface area contributed by atoms with Crippen molar-refractivity contribution in [3.05, 3.63) is 384 Å². The Hall–Kier alpha value is -14.3. The summed E-state index contributed by atoms with van der Waals surface area (Å²) in [7, 11) is 0. The number of aryl methyl sites for hydroxylation is 4. The van der Waals surface area contributed by atoms with Gasteiger partial charge in [0.1, 0.15) is 0 Å². The van der Waals surface area contributed by atoms with E-state index in [1.807, 2.05) is 166 Å². The molecule has 20 aromatic carbocycles. The molecule has 144 heavy (non-hydrogen) atoms. The van der Waals surface area contributed by atoms with Crippen molar-refractivity contribution in [3.63, 3.8) is 0 Å². The third-order valence-electron chi connectivity index (χ3n) is 27.9. The van der Waals surface area contributed by atoms with E-state index in [4.69, 9.17) is 0 Å². The Morgan fingerprint density at radius 2 is 0.382 bits per heavy atom. The topological polar surface area (TPSA) is 19.7 Å². The van der Waals surface area contributed by atoms with Crippen LogP contribution in [-0.4, -0.2) is 18.3 Å². The van der Waals surface area contributed by atoms with Gasteiger partial charge in [-0.2, -0.15) is 0 Å². The molecule has 28 rings (SSSR count). The third-order valence-corrected chi connectivity index (χ3v) is 27.9. The largest absolute Gasteiger partial charge is 0.340 e. The fourth-order valence-corrected chi connectivity index (χ4v) is 23.2. The van der Waals surface area contributed by atoms with Gasteiger partial charge in [-0.1, -0.05) is 476 Å². The molecular weight excluding hydrogens is 1740 g/mol. The van der Waals surface area contributed by atoms with E-state index in [0.717, 1.165) is 51.9 Å². The zero-order chi connectivity index (χ0) is 103. The molecule has 0 fully saturated rings. The number of hydrogen-bond donors (Lipinski definition) is 0. The van der Waals surface area contributed by atoms with Crippen molar-refractivity contribution < 1.29 is 0 Å². The van der Waals surface area contributed by atoms with Gasteiger partial charge in [0.15, 0.2) is 0 Å². The lowest BCUT2D eigenvalue weighted by atomic mass is 9.92. The van der Waals surface area contributed by atoms with Crippen LogP contribution in [-0.2, 0) is 51.9 Å². The van der Waals surface area contributed by atoms with Crippen LogP contribution in [0.2, 0.25) is 0 Å². The standard InChI is InChI=1S/4C29H21N.12C2H6/c1-2-30-26-14-8-7-13-23(26)27-22-12-6-5-11-21(22)25-17-20-15-18-9-3-4-10-19(18)16-24(20)28(25)29(27)30;2*1-2-30-25-14-8-7-13-23(25)27-22-12-6-5-11-21(22)24-17-19-16-15-18-9-3-4-10-20(18)26(19)28(24)29(27)30;1-2-30-26-14-8-7-13-23(26)27-21-12-6-5-11-20(21)25-17-24-19-10-4-3-9-18(19)15-16-22(24)28(25)29(27)30;12*1-2/h4*3-16H,2,17H2,1H3;12*1-2H3. The molecule has 0 radical (unpaired) electrons. The average molecular weight is 1890 g/mol. The van der Waals surface area contributed by atoms with Crippen molar-refractivity contribution in [2.24, 2.45) is 0 Å². The van der Waals surface area contributed by atoms with Gasteiger partial charge in [-0.05, 0) is 237 Å². The Labute approximate surface area is 860 Å². The SMILES string of the molecule is CC.CC.CC.CC.CC.CC.CC.CC.CC.CC.CC.CC.CCn1c2ccccc2c2c3ccccc3c3c(c21)-c1c(ccc2ccccc12)C3.CCn1c2ccccc2c2c3ccccc3c3c(c21)-c1c(ccc2ccccc12)C3.CCn1c2ccccc2c2c3ccccc3c3c(c21)-c1cc2ccccc2cc1C3.CCn1c2ccccc2c2c3ccccc3c3c(c21)-c1ccc2ccccc2c1C3. The lowest BCUT2D eigenvalue weighted by molar-refractivity contribution is 0.828. The molecule has 0 aliphatic heterocycles. The number of benzene rings is 20. The lowest BCUT2D eigenvalue weighted by Crippen LogP contribution is -1.96. The molecule has 4 nitrogen and oxygen atoms in total. The van der Waals surface area contributed by atoms with Gasteiger partial charge >= 0.3 is 0 Å². The fourth-order valence-electron chi connectivity index (χ4n) is 23.2. The van der Waals surface area contributed by atoms with E-state index in [9.17, 15) is 0 Å². The molecule has 0 amide bonds. The first-order valence-corrected chi connectivity index (χ1v) is 55.3. The molecule has 4 aliphatic rings. The summed E-state index contributed by atoms with van der Waals surface area (Å²) in [5, 5.41) is 33.0. The molecule has 4 aliphatic carbocycles. The van der Waals surface area contributed by atoms with E-state index in [1.165, 1.54) is 262 Å². The number of hydrogen-bond acceptors (Lipinski definition) is 0. The summed E-state index contributed by atoms with van der Waals surface area (Å²) in [6.45, 7) is 60.9. The minimum absolute atomic E-state index is 0.967. The molecule has 0 atom stereocenters. The quantitative estimate of drug-likeness (QED) is 0.167. The summed E-state index contributed by atoms with van der Waals surface area (Å²) in [5.41, 5.74) is 34.3. The monoisotopic (exact) mass is 1890 g/mol. The Morgan fingerprint density at radius 3 is 0.701 bits per heavy atom. The van der Waals surface area contributed by atoms with Gasteiger partial charge in [-0.3, -0.25) is 0 Å². The van der Waals surface area contributed by atoms with Gasteiger partial charge in [-0.15, -0.1) is 0 Å². The Bertz CT molecular complexity index is 8250. The molecule has 736 valence electrons. The normalized spacial score (nSPS) is 11.2. The van der Waals surface area contributed by atoms with E-state index in [2.05, 4.69) is 386 Å². The van der Waals surface area contributed by atoms with Gasteiger partial charge in [0.2, 0.25) is 0 Å². The number of para-hydroxylation sites is 4. The van der Waals surface area contributed by atoms with Gasteiger partial charge in [0.25, 0.3) is 0 Å². The van der Waals surface area contributed by atoms with Gasteiger partial charge < -0.3 is 18.3 Å². The highest BCUT2D eigenvalue weighted by Gasteiger charge is 2.35. The summed E-state index contributed by atoms with van der Waals surface area (Å²) >= 11 is 0. The number of nitrogens with zero attached hydrogens (tertiary/aromatic N) is 4. The second kappa shape index (κ2) is 49.6. The highest BCUT2D eigenvalue weighted by Crippen LogP contribution is 2.56. The van der Waals surface area contributed by atoms with Crippen LogP contribution < -0.4 is 0 Å². The van der Waals surface area contributed by atoms with Crippen LogP contribution in [0.4, 0.5) is 0 Å². The average Bonchev–Trinajstić information content (AvgIpc) is 1.53. The molecule has 0 spiro atoms. The van der Waals surface area contributed by atoms with Crippen LogP contribution in [0.3, 0.4) is 0 Å². The maximum Gasteiger partial charge on any atom is 0.0580 e. The van der Waals surface area contributed by atoms with E-state index in [0.29, 0.717) is 0 Å². The highest BCUT2D eigenvalue weighted by atomic mass is 15.0. The van der Waals surface area contributed by atoms with Crippen LogP contribution in [0.1, 0.15) is 238 Å². The fraction of sp³-hybridized carbons (Fsp3) is 0.257. The van der Waals surface area contributed by atoms with E-state index in [-0.39, 0.29) is 0 Å². The van der Waals surface area contributed by atoms with Gasteiger partial charge in [0, 0.05) is 114 Å². The summed E-state index contributed by atoms with van der Waals surface area (Å²) in [6, 6.07) is 126. The zero-order valence-electron chi connectivity index (χ0n) is 91.8. The second-order valence-corrected chi connectivity index (χ2v) is 33.6. The van der Waals surface area contributed by atoms with E-state index < -0.39 is 0 Å². The number of fused-ring (bicyclic) bond motifs is 47. The predicted molar refractivity (Wildman–Crippen MR) is 650 cm³/mol. The predicted octanol–water partition coefficient (Wildman–Crippen LogP) is 43.1. The molecule has 0 unspecified atom stereocenters. The second-order valence-electron chi connectivity index (χ2n) is 33.6. The molecule has 0 N–H and O–H groups in total. The van der Waals surface area contributed by atoms with E-state index in [1.54, 1.807) is 0 Å². The van der Waals surface area contributed by atoms with Crippen molar-refractivity contribution in [1.82, 2.24) is 18.3 Å². The molecule has 4 aromatic heterocycles. The Kier molecular flexibility index (Phi) is 36.8. The van der Waals surface area contributed by atoms with Crippen molar-refractivity contribution in [3.8, 4) is 44.5 Å². The van der Waals surface area contributed by atoms with E-state index >= 15 is 0 Å². The molecule has 4 heterocycles. The maximum atomic E-state index is 2.53. The first kappa shape index (κ1) is 107. The van der Waals surface area contributed by atoms with Crippen molar-refractivity contribution >= 4 is 173 Å². The van der Waals surface area contributed by atoms with Crippen molar-refractivity contribution in [2.45, 2.75) is 246 Å². The summed E-state index contributed by atoms with van der Waals surface area (Å²) in [5.74, 6) is 0. The highest BCUT2D eigenvalue weighted by molar-refractivity contribution is 6.32. The lowest BCUT2D eigenvalue weighted by Gasteiger charge is -2.14. The van der Waals surface area contributed by atoms with Crippen LogP contribution in [0.5, 0.6) is 0 Å². The molecule has 24 aromatic rings. The zero-order valence-corrected chi connectivity index (χ0v) is 91.8. The first-order valence-electron chi connectivity index (χ1n) is 55.3. The number of aromatic nitrogens is 4. The minimum atomic E-state index is 0.967. The van der Waals surface area contributed by atoms with Gasteiger partial charge in [-0.25, -0.2) is 0 Å². The number of rotatable bonds is 4. The molecular formula is C140H156N4. The molecule has 4 heteroatoms. The van der Waals surface area contributed by atoms with Crippen LogP contribution in [0.15, 0.2) is 340 Å².